The third kappa shape index (κ3) is 5.21. The molecule has 1 fully saturated rings. The van der Waals surface area contributed by atoms with Crippen molar-refractivity contribution >= 4 is 22.6 Å². The molecule has 0 unspecified atom stereocenters. The van der Waals surface area contributed by atoms with Crippen LogP contribution in [-0.2, 0) is 19.5 Å². The summed E-state index contributed by atoms with van der Waals surface area (Å²) in [5, 5.41) is 0.781. The number of halogens is 1. The molecular weight excluding hydrogens is 438 g/mol. The van der Waals surface area contributed by atoms with Crippen LogP contribution in [0.4, 0.5) is 0 Å². The summed E-state index contributed by atoms with van der Waals surface area (Å²) in [4.78, 5) is 7.74. The minimum absolute atomic E-state index is 0.678. The van der Waals surface area contributed by atoms with Crippen molar-refractivity contribution in [3.8, 4) is 0 Å². The van der Waals surface area contributed by atoms with Crippen LogP contribution in [0.2, 0.25) is 5.02 Å². The van der Waals surface area contributed by atoms with E-state index in [1.54, 1.807) is 0 Å². The number of fused-ring (bicyclic) bond motifs is 1. The molecule has 0 N–H and O–H groups in total. The fourth-order valence-corrected chi connectivity index (χ4v) is 5.22. The van der Waals surface area contributed by atoms with Crippen molar-refractivity contribution in [1.29, 1.82) is 0 Å². The lowest BCUT2D eigenvalue weighted by Crippen LogP contribution is -2.34. The van der Waals surface area contributed by atoms with Crippen LogP contribution >= 0.6 is 11.6 Å². The first-order valence-corrected chi connectivity index (χ1v) is 12.8. The second-order valence-corrected chi connectivity index (χ2v) is 10.5. The van der Waals surface area contributed by atoms with Crippen molar-refractivity contribution in [3.05, 3.63) is 99.3 Å². The van der Waals surface area contributed by atoms with Crippen molar-refractivity contribution in [2.24, 2.45) is 5.92 Å². The maximum atomic E-state index is 6.13. The fraction of sp³-hybridized carbons (Fsp3) is 0.367. The zero-order valence-electron chi connectivity index (χ0n) is 20.5. The van der Waals surface area contributed by atoms with Crippen LogP contribution < -0.4 is 0 Å². The maximum Gasteiger partial charge on any atom is 0.110 e. The standard InChI is InChI=1S/C30H34ClN3/c1-21-4-6-25(7-5-21)19-33-14-12-24(13-15-33)18-30-32-28-16-22(2)23(3)17-29(28)34(30)20-26-8-10-27(31)11-9-26/h4-11,16-17,24H,12-15,18-20H2,1-3H3. The molecule has 2 heterocycles. The highest BCUT2D eigenvalue weighted by Gasteiger charge is 2.22. The number of aromatic nitrogens is 2. The minimum Gasteiger partial charge on any atom is -0.323 e. The van der Waals surface area contributed by atoms with Gasteiger partial charge in [-0.3, -0.25) is 4.90 Å². The van der Waals surface area contributed by atoms with Crippen LogP contribution in [0.1, 0.15) is 46.5 Å². The summed E-state index contributed by atoms with van der Waals surface area (Å²) in [6.07, 6.45) is 3.50. The smallest absolute Gasteiger partial charge is 0.110 e. The van der Waals surface area contributed by atoms with E-state index in [1.807, 2.05) is 12.1 Å². The molecule has 0 bridgehead atoms. The minimum atomic E-state index is 0.678. The molecule has 5 rings (SSSR count). The first-order chi connectivity index (χ1) is 16.4. The number of likely N-dealkylation sites (tertiary alicyclic amines) is 1. The highest BCUT2D eigenvalue weighted by molar-refractivity contribution is 6.30. The van der Waals surface area contributed by atoms with Gasteiger partial charge in [-0.2, -0.15) is 0 Å². The first kappa shape index (κ1) is 23.1. The Kier molecular flexibility index (Phi) is 6.76. The highest BCUT2D eigenvalue weighted by atomic mass is 35.5. The molecule has 1 aromatic heterocycles. The third-order valence-corrected chi connectivity index (χ3v) is 7.65. The predicted molar refractivity (Wildman–Crippen MR) is 143 cm³/mol. The molecule has 34 heavy (non-hydrogen) atoms. The molecule has 1 saturated heterocycles. The Labute approximate surface area is 208 Å². The van der Waals surface area contributed by atoms with Gasteiger partial charge in [-0.05, 0) is 99.1 Å². The molecule has 0 atom stereocenters. The normalized spacial score (nSPS) is 15.3. The second-order valence-electron chi connectivity index (χ2n) is 10.1. The van der Waals surface area contributed by atoms with Crippen molar-refractivity contribution < 1.29 is 0 Å². The van der Waals surface area contributed by atoms with Crippen molar-refractivity contribution in [3.63, 3.8) is 0 Å². The van der Waals surface area contributed by atoms with Gasteiger partial charge in [-0.25, -0.2) is 4.98 Å². The quantitative estimate of drug-likeness (QED) is 0.298. The first-order valence-electron chi connectivity index (χ1n) is 12.4. The van der Waals surface area contributed by atoms with E-state index >= 15 is 0 Å². The van der Waals surface area contributed by atoms with Gasteiger partial charge in [-0.1, -0.05) is 53.6 Å². The molecule has 4 heteroatoms. The van der Waals surface area contributed by atoms with Gasteiger partial charge < -0.3 is 4.57 Å². The number of imidazole rings is 1. The molecule has 3 nitrogen and oxygen atoms in total. The van der Waals surface area contributed by atoms with Crippen LogP contribution in [0.15, 0.2) is 60.7 Å². The monoisotopic (exact) mass is 471 g/mol. The molecule has 0 aliphatic carbocycles. The Balaban J connectivity index is 1.32. The third-order valence-electron chi connectivity index (χ3n) is 7.40. The molecule has 4 aromatic rings. The summed E-state index contributed by atoms with van der Waals surface area (Å²) >= 11 is 6.13. The van der Waals surface area contributed by atoms with Gasteiger partial charge in [0.25, 0.3) is 0 Å². The summed E-state index contributed by atoms with van der Waals surface area (Å²) in [7, 11) is 0. The van der Waals surface area contributed by atoms with Crippen LogP contribution in [0, 0.1) is 26.7 Å². The Morgan fingerprint density at radius 1 is 0.824 bits per heavy atom. The predicted octanol–water partition coefficient (Wildman–Crippen LogP) is 7.12. The Hall–Kier alpha value is -2.62. The van der Waals surface area contributed by atoms with Crippen LogP contribution in [0.5, 0.6) is 0 Å². The van der Waals surface area contributed by atoms with E-state index in [4.69, 9.17) is 16.6 Å². The molecule has 1 aliphatic rings. The van der Waals surface area contributed by atoms with Gasteiger partial charge >= 0.3 is 0 Å². The van der Waals surface area contributed by atoms with Gasteiger partial charge in [0, 0.05) is 24.5 Å². The zero-order chi connectivity index (χ0) is 23.7. The van der Waals surface area contributed by atoms with E-state index in [0.29, 0.717) is 5.92 Å². The molecule has 3 aromatic carbocycles. The van der Waals surface area contributed by atoms with Gasteiger partial charge in [0.15, 0.2) is 0 Å². The van der Waals surface area contributed by atoms with Crippen LogP contribution in [0.3, 0.4) is 0 Å². The number of benzene rings is 3. The van der Waals surface area contributed by atoms with E-state index in [9.17, 15) is 0 Å². The van der Waals surface area contributed by atoms with Crippen molar-refractivity contribution in [2.45, 2.75) is 53.1 Å². The van der Waals surface area contributed by atoms with E-state index in [-0.39, 0.29) is 0 Å². The number of hydrogen-bond donors (Lipinski definition) is 0. The van der Waals surface area contributed by atoms with Gasteiger partial charge in [0.05, 0.1) is 11.0 Å². The summed E-state index contributed by atoms with van der Waals surface area (Å²) < 4.78 is 2.43. The summed E-state index contributed by atoms with van der Waals surface area (Å²) in [6.45, 7) is 10.7. The number of hydrogen-bond acceptors (Lipinski definition) is 2. The van der Waals surface area contributed by atoms with Gasteiger partial charge in [-0.15, -0.1) is 0 Å². The summed E-state index contributed by atoms with van der Waals surface area (Å²) in [6, 6.07) is 21.7. The molecular formula is C30H34ClN3. The number of piperidine rings is 1. The number of rotatable bonds is 6. The SMILES string of the molecule is Cc1ccc(CN2CCC(Cc3nc4cc(C)c(C)cc4n3Cc3ccc(Cl)cc3)CC2)cc1. The molecule has 0 saturated carbocycles. The van der Waals surface area contributed by atoms with Crippen molar-refractivity contribution in [2.75, 3.05) is 13.1 Å². The van der Waals surface area contributed by atoms with Gasteiger partial charge in [0.1, 0.15) is 5.82 Å². The second kappa shape index (κ2) is 9.93. The number of nitrogens with zero attached hydrogens (tertiary/aromatic N) is 3. The lowest BCUT2D eigenvalue weighted by molar-refractivity contribution is 0.175. The van der Waals surface area contributed by atoms with Gasteiger partial charge in [0.2, 0.25) is 0 Å². The summed E-state index contributed by atoms with van der Waals surface area (Å²) in [5.41, 5.74) is 8.99. The van der Waals surface area contributed by atoms with Crippen molar-refractivity contribution in [1.82, 2.24) is 14.5 Å². The topological polar surface area (TPSA) is 21.1 Å². The molecule has 0 radical (unpaired) electrons. The average molecular weight is 472 g/mol. The van der Waals surface area contributed by atoms with E-state index in [1.165, 1.54) is 52.0 Å². The average Bonchev–Trinajstić information content (AvgIpc) is 3.14. The van der Waals surface area contributed by atoms with E-state index < -0.39 is 0 Å². The zero-order valence-corrected chi connectivity index (χ0v) is 21.3. The molecule has 0 amide bonds. The van der Waals surface area contributed by atoms with E-state index in [0.717, 1.165) is 43.1 Å². The Morgan fingerprint density at radius 2 is 1.44 bits per heavy atom. The Bertz CT molecular complexity index is 1260. The highest BCUT2D eigenvalue weighted by Crippen LogP contribution is 2.27. The summed E-state index contributed by atoms with van der Waals surface area (Å²) in [5.74, 6) is 1.89. The largest absolute Gasteiger partial charge is 0.323 e. The lowest BCUT2D eigenvalue weighted by Gasteiger charge is -2.32. The fourth-order valence-electron chi connectivity index (χ4n) is 5.09. The molecule has 1 aliphatic heterocycles. The van der Waals surface area contributed by atoms with Crippen LogP contribution in [-0.4, -0.2) is 27.5 Å². The molecule has 176 valence electrons. The number of aryl methyl sites for hydroxylation is 3. The maximum absolute atomic E-state index is 6.13. The Morgan fingerprint density at radius 3 is 2.15 bits per heavy atom. The van der Waals surface area contributed by atoms with Crippen LogP contribution in [0.25, 0.3) is 11.0 Å². The van der Waals surface area contributed by atoms with E-state index in [2.05, 4.69) is 78.8 Å². The molecule has 0 spiro atoms. The lowest BCUT2D eigenvalue weighted by atomic mass is 9.93.